The summed E-state index contributed by atoms with van der Waals surface area (Å²) in [5.41, 5.74) is 3.28. The molecule has 0 aliphatic carbocycles. The van der Waals surface area contributed by atoms with Crippen LogP contribution in [0.4, 0.5) is 0 Å². The highest BCUT2D eigenvalue weighted by Crippen LogP contribution is 2.29. The summed E-state index contributed by atoms with van der Waals surface area (Å²) in [7, 11) is 0. The fourth-order valence-corrected chi connectivity index (χ4v) is 4.13. The number of aryl methyl sites for hydroxylation is 2. The van der Waals surface area contributed by atoms with E-state index >= 15 is 0 Å². The lowest BCUT2D eigenvalue weighted by Gasteiger charge is -2.31. The zero-order chi connectivity index (χ0) is 19.0. The normalized spacial score (nSPS) is 17.3. The lowest BCUT2D eigenvalue weighted by Crippen LogP contribution is -2.39. The van der Waals surface area contributed by atoms with Crippen molar-refractivity contribution < 1.29 is 9.32 Å². The minimum Gasteiger partial charge on any atom is -0.338 e. The highest BCUT2D eigenvalue weighted by atomic mass is 32.1. The molecule has 1 fully saturated rings. The number of carbonyl (C=O) groups is 1. The van der Waals surface area contributed by atoms with E-state index < -0.39 is 0 Å². The van der Waals surface area contributed by atoms with Gasteiger partial charge in [-0.05, 0) is 39.2 Å². The largest absolute Gasteiger partial charge is 0.338 e. The van der Waals surface area contributed by atoms with Gasteiger partial charge in [0, 0.05) is 35.5 Å². The third kappa shape index (κ3) is 3.49. The van der Waals surface area contributed by atoms with E-state index in [1.165, 1.54) is 4.88 Å². The number of hydrogen-bond donors (Lipinski definition) is 0. The van der Waals surface area contributed by atoms with Crippen LogP contribution in [0.1, 0.15) is 51.1 Å². The number of piperidine rings is 1. The minimum absolute atomic E-state index is 0.0682. The summed E-state index contributed by atoms with van der Waals surface area (Å²) in [4.78, 5) is 29.0. The molecule has 27 heavy (non-hydrogen) atoms. The highest BCUT2D eigenvalue weighted by molar-refractivity contribution is 7.10. The van der Waals surface area contributed by atoms with Crippen molar-refractivity contribution in [3.05, 3.63) is 45.3 Å². The Labute approximate surface area is 161 Å². The molecule has 4 heterocycles. The average Bonchev–Trinajstić information content (AvgIpc) is 3.30. The summed E-state index contributed by atoms with van der Waals surface area (Å²) in [5, 5.41) is 6.09. The Balaban J connectivity index is 1.51. The zero-order valence-electron chi connectivity index (χ0n) is 15.6. The van der Waals surface area contributed by atoms with Crippen LogP contribution in [0.5, 0.6) is 0 Å². The van der Waals surface area contributed by atoms with Gasteiger partial charge in [-0.1, -0.05) is 5.16 Å². The van der Waals surface area contributed by atoms with Crippen LogP contribution in [-0.4, -0.2) is 44.0 Å². The minimum atomic E-state index is 0.0682. The van der Waals surface area contributed by atoms with Crippen molar-refractivity contribution in [2.45, 2.75) is 39.5 Å². The Kier molecular flexibility index (Phi) is 4.73. The Morgan fingerprint density at radius 1 is 1.26 bits per heavy atom. The number of nitrogens with zero attached hydrogens (tertiary/aromatic N) is 5. The topological polar surface area (TPSA) is 85.0 Å². The van der Waals surface area contributed by atoms with E-state index in [4.69, 9.17) is 4.52 Å². The number of likely N-dealkylation sites (tertiary alicyclic amines) is 1. The summed E-state index contributed by atoms with van der Waals surface area (Å²) in [6.45, 7) is 7.29. The average molecular weight is 383 g/mol. The molecule has 0 N–H and O–H groups in total. The Morgan fingerprint density at radius 2 is 2.11 bits per heavy atom. The van der Waals surface area contributed by atoms with Gasteiger partial charge in [0.1, 0.15) is 5.69 Å². The van der Waals surface area contributed by atoms with Gasteiger partial charge >= 0.3 is 0 Å². The molecule has 140 valence electrons. The van der Waals surface area contributed by atoms with Gasteiger partial charge < -0.3 is 9.42 Å². The maximum atomic E-state index is 12.9. The van der Waals surface area contributed by atoms with E-state index in [9.17, 15) is 4.79 Å². The summed E-state index contributed by atoms with van der Waals surface area (Å²) < 4.78 is 5.38. The van der Waals surface area contributed by atoms with Crippen LogP contribution in [0.25, 0.3) is 11.6 Å². The van der Waals surface area contributed by atoms with Crippen molar-refractivity contribution >= 4 is 17.2 Å². The number of hydrogen-bond acceptors (Lipinski definition) is 7. The Morgan fingerprint density at radius 3 is 2.81 bits per heavy atom. The first-order valence-corrected chi connectivity index (χ1v) is 9.87. The number of rotatable bonds is 3. The molecule has 0 bridgehead atoms. The predicted molar refractivity (Wildman–Crippen MR) is 102 cm³/mol. The molecule has 1 saturated heterocycles. The van der Waals surface area contributed by atoms with Gasteiger partial charge in [-0.3, -0.25) is 9.78 Å². The smallest absolute Gasteiger partial charge is 0.278 e. The third-order valence-corrected chi connectivity index (χ3v) is 6.04. The molecule has 0 aromatic carbocycles. The highest BCUT2D eigenvalue weighted by Gasteiger charge is 2.30. The van der Waals surface area contributed by atoms with Gasteiger partial charge in [-0.2, -0.15) is 4.98 Å². The van der Waals surface area contributed by atoms with Gasteiger partial charge in [-0.25, -0.2) is 4.98 Å². The molecule has 3 aromatic heterocycles. The van der Waals surface area contributed by atoms with Gasteiger partial charge in [0.05, 0.1) is 17.5 Å². The van der Waals surface area contributed by atoms with Crippen LogP contribution in [0, 0.1) is 20.8 Å². The summed E-state index contributed by atoms with van der Waals surface area (Å²) in [6.07, 6.45) is 5.16. The zero-order valence-corrected chi connectivity index (χ0v) is 16.4. The number of thiophene rings is 1. The number of carbonyl (C=O) groups excluding carboxylic acids is 1. The molecule has 0 saturated carbocycles. The first-order chi connectivity index (χ1) is 13.0. The summed E-state index contributed by atoms with van der Waals surface area (Å²) >= 11 is 1.62. The van der Waals surface area contributed by atoms with E-state index in [0.717, 1.165) is 36.2 Å². The molecule has 0 spiro atoms. The van der Waals surface area contributed by atoms with Crippen LogP contribution in [-0.2, 0) is 0 Å². The van der Waals surface area contributed by atoms with Crippen LogP contribution in [0.3, 0.4) is 0 Å². The molecular weight excluding hydrogens is 362 g/mol. The first kappa shape index (κ1) is 17.8. The standard InChI is InChI=1S/C19H21N5O2S/c1-11-7-21-16(8-20-11)18-22-17(23-26-18)14-5-4-6-24(9-14)19(25)15-10-27-13(3)12(15)2/h7-8,10,14H,4-6,9H2,1-3H3. The van der Waals surface area contributed by atoms with Crippen LogP contribution >= 0.6 is 11.3 Å². The molecule has 8 heteroatoms. The van der Waals surface area contributed by atoms with Crippen LogP contribution in [0.15, 0.2) is 22.3 Å². The Bertz CT molecular complexity index is 963. The SMILES string of the molecule is Cc1cnc(-c2nc(C3CCCN(C(=O)c4csc(C)c4C)C3)no2)cn1. The van der Waals surface area contributed by atoms with Gasteiger partial charge in [0.2, 0.25) is 0 Å². The fourth-order valence-electron chi connectivity index (χ4n) is 3.27. The van der Waals surface area contributed by atoms with Crippen molar-refractivity contribution in [3.63, 3.8) is 0 Å². The van der Waals surface area contributed by atoms with Crippen molar-refractivity contribution in [1.29, 1.82) is 0 Å². The Hall–Kier alpha value is -2.61. The van der Waals surface area contributed by atoms with Crippen LogP contribution < -0.4 is 0 Å². The summed E-state index contributed by atoms with van der Waals surface area (Å²) in [6, 6.07) is 0. The molecule has 4 rings (SSSR count). The van der Waals surface area contributed by atoms with Crippen LogP contribution in [0.2, 0.25) is 0 Å². The van der Waals surface area contributed by atoms with Gasteiger partial charge in [0.15, 0.2) is 5.82 Å². The van der Waals surface area contributed by atoms with Crippen molar-refractivity contribution in [3.8, 4) is 11.6 Å². The van der Waals surface area contributed by atoms with Gasteiger partial charge in [0.25, 0.3) is 11.8 Å². The third-order valence-electron chi connectivity index (χ3n) is 5.03. The molecule has 1 atom stereocenters. The summed E-state index contributed by atoms with van der Waals surface area (Å²) in [5.74, 6) is 1.15. The van der Waals surface area contributed by atoms with Crippen molar-refractivity contribution in [2.75, 3.05) is 13.1 Å². The number of aromatic nitrogens is 4. The monoisotopic (exact) mass is 383 g/mol. The lowest BCUT2D eigenvalue weighted by atomic mass is 9.96. The molecule has 0 radical (unpaired) electrons. The van der Waals surface area contributed by atoms with E-state index in [1.54, 1.807) is 23.7 Å². The lowest BCUT2D eigenvalue weighted by molar-refractivity contribution is 0.0703. The molecular formula is C19H21N5O2S. The van der Waals surface area contributed by atoms with E-state index in [0.29, 0.717) is 24.0 Å². The fraction of sp³-hybridized carbons (Fsp3) is 0.421. The quantitative estimate of drug-likeness (QED) is 0.688. The molecule has 1 unspecified atom stereocenters. The van der Waals surface area contributed by atoms with E-state index in [2.05, 4.69) is 20.1 Å². The molecule has 1 aliphatic rings. The maximum absolute atomic E-state index is 12.9. The van der Waals surface area contributed by atoms with Crippen molar-refractivity contribution in [2.24, 2.45) is 0 Å². The van der Waals surface area contributed by atoms with Gasteiger partial charge in [-0.15, -0.1) is 11.3 Å². The second kappa shape index (κ2) is 7.19. The molecule has 3 aromatic rings. The van der Waals surface area contributed by atoms with Crippen molar-refractivity contribution in [1.82, 2.24) is 25.0 Å². The second-order valence-corrected chi connectivity index (χ2v) is 8.01. The molecule has 7 nitrogen and oxygen atoms in total. The molecule has 1 amide bonds. The van der Waals surface area contributed by atoms with E-state index in [1.807, 2.05) is 31.1 Å². The van der Waals surface area contributed by atoms with E-state index in [-0.39, 0.29) is 11.8 Å². The maximum Gasteiger partial charge on any atom is 0.278 e. The predicted octanol–water partition coefficient (Wildman–Crippen LogP) is 3.53. The molecule has 1 aliphatic heterocycles. The second-order valence-electron chi connectivity index (χ2n) is 6.92. The first-order valence-electron chi connectivity index (χ1n) is 8.99. The number of amides is 1.